The molecule has 29 heavy (non-hydrogen) atoms. The summed E-state index contributed by atoms with van der Waals surface area (Å²) in [5, 5.41) is 2.61. The van der Waals surface area contributed by atoms with Crippen LogP contribution in [0.25, 0.3) is 11.1 Å². The van der Waals surface area contributed by atoms with Crippen molar-refractivity contribution in [1.29, 1.82) is 0 Å². The monoisotopic (exact) mass is 455 g/mol. The van der Waals surface area contributed by atoms with E-state index in [2.05, 4.69) is 107 Å². The summed E-state index contributed by atoms with van der Waals surface area (Å²) in [6.45, 7) is 0. The molecule has 0 aliphatic heterocycles. The van der Waals surface area contributed by atoms with Crippen LogP contribution in [0.15, 0.2) is 101 Å². The molecule has 0 spiro atoms. The number of allylic oxidation sites excluding steroid dienone is 4. The molecule has 0 radical (unpaired) electrons. The molecule has 0 bridgehead atoms. The molecule has 0 saturated heterocycles. The zero-order chi connectivity index (χ0) is 18.3. The summed E-state index contributed by atoms with van der Waals surface area (Å²) < 4.78 is 4.86. The number of halogens is 2. The summed E-state index contributed by atoms with van der Waals surface area (Å²) >= 11 is -2.61. The van der Waals surface area contributed by atoms with E-state index < -0.39 is 16.1 Å². The Morgan fingerprint density at radius 2 is 1.31 bits per heavy atom. The molecule has 3 aromatic rings. The van der Waals surface area contributed by atoms with E-state index in [1.807, 2.05) is 0 Å². The van der Waals surface area contributed by atoms with E-state index in [1.54, 1.807) is 3.88 Å². The van der Waals surface area contributed by atoms with Crippen molar-refractivity contribution in [2.75, 3.05) is 0 Å². The Bertz CT molecular complexity index is 1080. The Labute approximate surface area is 189 Å². The second kappa shape index (κ2) is 8.98. The van der Waals surface area contributed by atoms with Gasteiger partial charge in [0.1, 0.15) is 0 Å². The molecule has 0 amide bonds. The Kier molecular flexibility index (Phi) is 6.81. The van der Waals surface area contributed by atoms with Crippen LogP contribution in [0.3, 0.4) is 0 Å². The normalized spacial score (nSPS) is 16.0. The average Bonchev–Trinajstić information content (AvgIpc) is 3.36. The van der Waals surface area contributed by atoms with Crippen molar-refractivity contribution in [2.45, 2.75) is 15.9 Å². The third-order valence-corrected chi connectivity index (χ3v) is 13.2. The fourth-order valence-corrected chi connectivity index (χ4v) is 11.8. The van der Waals surface area contributed by atoms with E-state index in [0.717, 1.165) is 6.42 Å². The summed E-state index contributed by atoms with van der Waals surface area (Å²) in [5.41, 5.74) is 7.29. The molecule has 5 rings (SSSR count). The van der Waals surface area contributed by atoms with Gasteiger partial charge in [0.05, 0.1) is 0 Å². The maximum absolute atomic E-state index is 2.67. The molecule has 2 aliphatic rings. The van der Waals surface area contributed by atoms with Gasteiger partial charge in [0.25, 0.3) is 0 Å². The Hall–Kier alpha value is -1.70. The summed E-state index contributed by atoms with van der Waals surface area (Å²) in [5.74, 6) is 0. The average molecular weight is 456 g/mol. The summed E-state index contributed by atoms with van der Waals surface area (Å²) in [4.78, 5) is 0. The molecule has 1 unspecified atom stereocenters. The molecule has 147 valence electrons. The molecule has 0 fully saturated rings. The quantitative estimate of drug-likeness (QED) is 0.358. The number of benzene rings is 3. The molecule has 1 atom stereocenters. The second-order valence-electron chi connectivity index (χ2n) is 7.77. The Balaban J connectivity index is 0.00000120. The van der Waals surface area contributed by atoms with Crippen molar-refractivity contribution in [2.24, 2.45) is 0 Å². The van der Waals surface area contributed by atoms with Crippen molar-refractivity contribution in [3.63, 3.8) is 0 Å². The van der Waals surface area contributed by atoms with Gasteiger partial charge in [-0.05, 0) is 0 Å². The number of hydrogen-bond acceptors (Lipinski definition) is 0. The van der Waals surface area contributed by atoms with Crippen LogP contribution in [0.5, 0.6) is 0 Å². The van der Waals surface area contributed by atoms with Crippen molar-refractivity contribution >= 4 is 29.1 Å². The number of fused-ring (bicyclic) bond motifs is 3. The Morgan fingerprint density at radius 1 is 0.759 bits per heavy atom. The van der Waals surface area contributed by atoms with Crippen LogP contribution >= 0.6 is 24.8 Å². The molecule has 0 aromatic heterocycles. The van der Waals surface area contributed by atoms with Crippen LogP contribution in [0.1, 0.15) is 27.3 Å². The molecule has 3 heteroatoms. The van der Waals surface area contributed by atoms with Crippen LogP contribution in [0, 0.1) is 0 Å². The summed E-state index contributed by atoms with van der Waals surface area (Å²) in [6, 6.07) is 29.1. The van der Waals surface area contributed by atoms with Crippen LogP contribution in [-0.2, 0) is 16.1 Å². The maximum atomic E-state index is 2.67. The van der Waals surface area contributed by atoms with Gasteiger partial charge in [-0.15, -0.1) is 24.8 Å². The van der Waals surface area contributed by atoms with Crippen LogP contribution < -0.4 is 0 Å². The minimum atomic E-state index is -2.61. The van der Waals surface area contributed by atoms with Gasteiger partial charge in [-0.2, -0.15) is 0 Å². The molecule has 0 heterocycles. The van der Waals surface area contributed by atoms with E-state index in [0.29, 0.717) is 4.22 Å². The molecule has 0 nitrogen and oxygen atoms in total. The SMILES string of the molecule is Cl.Cl.[CH3][Ti](=[CH]c1ccccc1)([C]1=CC=CC1)[CH]1c2ccccc2-c2ccccc21. The van der Waals surface area contributed by atoms with E-state index in [1.165, 1.54) is 27.8 Å². The molecule has 0 saturated carbocycles. The summed E-state index contributed by atoms with van der Waals surface area (Å²) in [7, 11) is 0. The van der Waals surface area contributed by atoms with Crippen LogP contribution in [0.2, 0.25) is 5.23 Å². The van der Waals surface area contributed by atoms with Crippen molar-refractivity contribution in [3.8, 4) is 11.1 Å². The molecule has 2 aliphatic carbocycles. The fraction of sp³-hybridized carbons (Fsp3) is 0.115. The zero-order valence-electron chi connectivity index (χ0n) is 16.4. The van der Waals surface area contributed by atoms with Gasteiger partial charge in [0.15, 0.2) is 0 Å². The first kappa shape index (κ1) is 22.0. The third kappa shape index (κ3) is 3.76. The molecular weight excluding hydrogens is 431 g/mol. The number of hydrogen-bond donors (Lipinski definition) is 0. The topological polar surface area (TPSA) is 0 Å². The standard InChI is InChI=1S/C13H9.C7H6.C5H5.CH3.2ClH.Ti/c1-3-7-12-10(5-1)9-11-6-2-4-8-13(11)12;1-7-5-3-2-4-6-7;1-2-4-5-3-1;;;;/h1-9H;1-6H;1-3H,4H2;1H3;2*1H;. The van der Waals surface area contributed by atoms with E-state index in [9.17, 15) is 0 Å². The Morgan fingerprint density at radius 3 is 1.86 bits per heavy atom. The second-order valence-corrected chi connectivity index (χ2v) is 14.1. The molecule has 0 N–H and O–H groups in total. The first-order chi connectivity index (χ1) is 13.3. The van der Waals surface area contributed by atoms with Crippen molar-refractivity contribution in [3.05, 3.63) is 118 Å². The van der Waals surface area contributed by atoms with Crippen molar-refractivity contribution < 1.29 is 16.1 Å². The first-order valence-electron chi connectivity index (χ1n) is 9.73. The van der Waals surface area contributed by atoms with Crippen LogP contribution in [0.4, 0.5) is 0 Å². The molecule has 3 aromatic carbocycles. The van der Waals surface area contributed by atoms with E-state index >= 15 is 0 Å². The number of rotatable bonds is 3. The predicted octanol–water partition coefficient (Wildman–Crippen LogP) is 7.50. The molecular formula is C26H25Cl2Ti. The fourth-order valence-electron chi connectivity index (χ4n) is 4.91. The van der Waals surface area contributed by atoms with E-state index in [-0.39, 0.29) is 24.8 Å². The first-order valence-corrected chi connectivity index (χ1v) is 13.9. The third-order valence-electron chi connectivity index (χ3n) is 6.16. The van der Waals surface area contributed by atoms with Gasteiger partial charge in [-0.3, -0.25) is 0 Å². The summed E-state index contributed by atoms with van der Waals surface area (Å²) in [6.07, 6.45) is 8.10. The van der Waals surface area contributed by atoms with Gasteiger partial charge >= 0.3 is 165 Å². The predicted molar refractivity (Wildman–Crippen MR) is 128 cm³/mol. The van der Waals surface area contributed by atoms with Gasteiger partial charge in [-0.25, -0.2) is 0 Å². The van der Waals surface area contributed by atoms with Crippen LogP contribution in [-0.4, -0.2) is 4.31 Å². The van der Waals surface area contributed by atoms with Gasteiger partial charge < -0.3 is 0 Å². The zero-order valence-corrected chi connectivity index (χ0v) is 19.6. The minimum absolute atomic E-state index is 0. The van der Waals surface area contributed by atoms with E-state index in [4.69, 9.17) is 0 Å². The van der Waals surface area contributed by atoms with Crippen molar-refractivity contribution in [1.82, 2.24) is 0 Å². The van der Waals surface area contributed by atoms with Gasteiger partial charge in [0.2, 0.25) is 0 Å². The van der Waals surface area contributed by atoms with Gasteiger partial charge in [-0.1, -0.05) is 0 Å². The van der Waals surface area contributed by atoms with Gasteiger partial charge in [0, 0.05) is 0 Å².